The monoisotopic (exact) mass is 548 g/mol. The van der Waals surface area contributed by atoms with Gasteiger partial charge in [0.1, 0.15) is 5.75 Å². The molecule has 3 aromatic carbocycles. The van der Waals surface area contributed by atoms with Crippen LogP contribution in [-0.4, -0.2) is 27.0 Å². The van der Waals surface area contributed by atoms with Crippen molar-refractivity contribution in [3.8, 4) is 51.6 Å². The lowest BCUT2D eigenvalue weighted by Gasteiger charge is -2.18. The first-order chi connectivity index (χ1) is 19.7. The Kier molecular flexibility index (Phi) is 7.20. The number of nitrogens with zero attached hydrogens (tertiary/aromatic N) is 4. The highest BCUT2D eigenvalue weighted by Crippen LogP contribution is 2.36. The predicted octanol–water partition coefficient (Wildman–Crippen LogP) is 8.48. The number of benzene rings is 3. The first-order valence-electron chi connectivity index (χ1n) is 14.3. The Morgan fingerprint density at radius 1 is 0.683 bits per heavy atom. The summed E-state index contributed by atoms with van der Waals surface area (Å²) in [6.07, 6.45) is 2.50. The summed E-state index contributed by atoms with van der Waals surface area (Å²) >= 11 is 0. The van der Waals surface area contributed by atoms with Crippen LogP contribution < -0.4 is 4.74 Å². The molecule has 0 spiro atoms. The molecule has 1 aliphatic rings. The Balaban J connectivity index is 1.17. The van der Waals surface area contributed by atoms with Crippen LogP contribution in [0.3, 0.4) is 0 Å². The maximum absolute atomic E-state index is 6.17. The average molecular weight is 549 g/mol. The SMILES string of the molecule is CC1CC(C)C(COc2cccc(-c3nnc(-c4cccc(-c5nnc(-c6ccc(C(C)(C)C)cc6)o5)c4)o3)c2)C1. The molecule has 2 heterocycles. The first-order valence-corrected chi connectivity index (χ1v) is 14.3. The standard InChI is InChI=1S/C34H36N4O3/c1-21-16-22(2)27(17-21)20-39-29-11-7-10-26(19-29)33-38-37-32(41-33)25-9-6-8-24(18-25)31-36-35-30(40-31)23-12-14-28(15-13-23)34(3,4)5/h6-15,18-19,21-22,27H,16-17,20H2,1-5H3. The largest absolute Gasteiger partial charge is 0.493 e. The highest BCUT2D eigenvalue weighted by molar-refractivity contribution is 5.66. The van der Waals surface area contributed by atoms with Crippen molar-refractivity contribution in [1.29, 1.82) is 0 Å². The van der Waals surface area contributed by atoms with Gasteiger partial charge >= 0.3 is 0 Å². The fourth-order valence-electron chi connectivity index (χ4n) is 5.64. The molecule has 7 nitrogen and oxygen atoms in total. The van der Waals surface area contributed by atoms with E-state index in [0.29, 0.717) is 35.4 Å². The molecule has 0 bridgehead atoms. The number of hydrogen-bond acceptors (Lipinski definition) is 7. The zero-order chi connectivity index (χ0) is 28.6. The summed E-state index contributed by atoms with van der Waals surface area (Å²) in [5.74, 6) is 4.64. The van der Waals surface area contributed by atoms with E-state index in [0.717, 1.165) is 40.5 Å². The summed E-state index contributed by atoms with van der Waals surface area (Å²) in [5, 5.41) is 17.2. The van der Waals surface area contributed by atoms with Crippen LogP contribution in [0.15, 0.2) is 81.6 Å². The minimum Gasteiger partial charge on any atom is -0.493 e. The van der Waals surface area contributed by atoms with Gasteiger partial charge in [0.25, 0.3) is 0 Å². The number of rotatable bonds is 7. The topological polar surface area (TPSA) is 87.1 Å². The van der Waals surface area contributed by atoms with Crippen LogP contribution in [0.5, 0.6) is 5.75 Å². The van der Waals surface area contributed by atoms with Crippen LogP contribution in [0.2, 0.25) is 0 Å². The Bertz CT molecular complexity index is 1630. The minimum atomic E-state index is 0.0803. The van der Waals surface area contributed by atoms with Gasteiger partial charge in [0.05, 0.1) is 6.61 Å². The third kappa shape index (κ3) is 5.94. The Morgan fingerprint density at radius 2 is 1.22 bits per heavy atom. The van der Waals surface area contributed by atoms with E-state index in [1.165, 1.54) is 18.4 Å². The van der Waals surface area contributed by atoms with Crippen molar-refractivity contribution in [2.24, 2.45) is 17.8 Å². The summed E-state index contributed by atoms with van der Waals surface area (Å²) in [7, 11) is 0. The molecular formula is C34H36N4O3. The first kappa shape index (κ1) is 26.9. The molecule has 7 heteroatoms. The van der Waals surface area contributed by atoms with Gasteiger partial charge in [-0.2, -0.15) is 0 Å². The highest BCUT2D eigenvalue weighted by Gasteiger charge is 2.29. The van der Waals surface area contributed by atoms with Crippen LogP contribution >= 0.6 is 0 Å². The molecule has 2 aromatic heterocycles. The third-order valence-corrected chi connectivity index (χ3v) is 8.03. The molecule has 5 aromatic rings. The second-order valence-corrected chi connectivity index (χ2v) is 12.4. The Labute approximate surface area is 241 Å². The second kappa shape index (κ2) is 11.0. The molecule has 210 valence electrons. The average Bonchev–Trinajstić information content (AvgIpc) is 3.72. The second-order valence-electron chi connectivity index (χ2n) is 12.4. The molecule has 3 unspecified atom stereocenters. The molecule has 0 N–H and O–H groups in total. The zero-order valence-electron chi connectivity index (χ0n) is 24.3. The van der Waals surface area contributed by atoms with Crippen LogP contribution in [0.4, 0.5) is 0 Å². The van der Waals surface area contributed by atoms with Crippen LogP contribution in [0.1, 0.15) is 53.0 Å². The third-order valence-electron chi connectivity index (χ3n) is 8.03. The van der Waals surface area contributed by atoms with Gasteiger partial charge < -0.3 is 13.6 Å². The molecule has 0 saturated heterocycles. The molecule has 1 saturated carbocycles. The van der Waals surface area contributed by atoms with E-state index < -0.39 is 0 Å². The van der Waals surface area contributed by atoms with Gasteiger partial charge in [0.15, 0.2) is 0 Å². The van der Waals surface area contributed by atoms with Gasteiger partial charge in [-0.15, -0.1) is 20.4 Å². The predicted molar refractivity (Wildman–Crippen MR) is 159 cm³/mol. The zero-order valence-corrected chi connectivity index (χ0v) is 24.3. The van der Waals surface area contributed by atoms with E-state index in [9.17, 15) is 0 Å². The summed E-state index contributed by atoms with van der Waals surface area (Å²) in [5.41, 5.74) is 4.58. The van der Waals surface area contributed by atoms with Crippen molar-refractivity contribution in [1.82, 2.24) is 20.4 Å². The van der Waals surface area contributed by atoms with Crippen LogP contribution in [-0.2, 0) is 5.41 Å². The summed E-state index contributed by atoms with van der Waals surface area (Å²) < 4.78 is 18.3. The van der Waals surface area contributed by atoms with Crippen LogP contribution in [0, 0.1) is 17.8 Å². The maximum Gasteiger partial charge on any atom is 0.248 e. The lowest BCUT2D eigenvalue weighted by atomic mass is 9.87. The van der Waals surface area contributed by atoms with E-state index >= 15 is 0 Å². The van der Waals surface area contributed by atoms with Gasteiger partial charge in [0.2, 0.25) is 23.6 Å². The van der Waals surface area contributed by atoms with E-state index in [1.54, 1.807) is 0 Å². The molecule has 1 aliphatic carbocycles. The quantitative estimate of drug-likeness (QED) is 0.201. The van der Waals surface area contributed by atoms with Crippen molar-refractivity contribution < 1.29 is 13.6 Å². The molecular weight excluding hydrogens is 512 g/mol. The van der Waals surface area contributed by atoms with Gasteiger partial charge in [0, 0.05) is 22.3 Å². The van der Waals surface area contributed by atoms with Crippen molar-refractivity contribution in [2.45, 2.75) is 52.9 Å². The van der Waals surface area contributed by atoms with Gasteiger partial charge in [-0.25, -0.2) is 0 Å². The van der Waals surface area contributed by atoms with E-state index in [2.05, 4.69) is 67.1 Å². The van der Waals surface area contributed by atoms with Crippen molar-refractivity contribution in [3.63, 3.8) is 0 Å². The lowest BCUT2D eigenvalue weighted by molar-refractivity contribution is 0.220. The fourth-order valence-corrected chi connectivity index (χ4v) is 5.64. The maximum atomic E-state index is 6.17. The number of aromatic nitrogens is 4. The lowest BCUT2D eigenvalue weighted by Crippen LogP contribution is -2.14. The normalized spacial score (nSPS) is 19.0. The molecule has 41 heavy (non-hydrogen) atoms. The van der Waals surface area contributed by atoms with Gasteiger partial charge in [-0.3, -0.25) is 0 Å². The van der Waals surface area contributed by atoms with Crippen molar-refractivity contribution in [3.05, 3.63) is 78.4 Å². The Morgan fingerprint density at radius 3 is 1.76 bits per heavy atom. The van der Waals surface area contributed by atoms with Crippen LogP contribution in [0.25, 0.3) is 45.8 Å². The molecule has 0 amide bonds. The summed E-state index contributed by atoms with van der Waals surface area (Å²) in [4.78, 5) is 0. The van der Waals surface area contributed by atoms with Crippen molar-refractivity contribution >= 4 is 0 Å². The summed E-state index contributed by atoms with van der Waals surface area (Å²) in [6.45, 7) is 12.0. The minimum absolute atomic E-state index is 0.0803. The smallest absolute Gasteiger partial charge is 0.248 e. The fraction of sp³-hybridized carbons (Fsp3) is 0.353. The van der Waals surface area contributed by atoms with E-state index in [1.807, 2.05) is 60.7 Å². The van der Waals surface area contributed by atoms with E-state index in [4.69, 9.17) is 13.6 Å². The molecule has 3 atom stereocenters. The molecule has 0 aliphatic heterocycles. The molecule has 1 fully saturated rings. The number of hydrogen-bond donors (Lipinski definition) is 0. The molecule has 6 rings (SSSR count). The van der Waals surface area contributed by atoms with Crippen molar-refractivity contribution in [2.75, 3.05) is 6.61 Å². The van der Waals surface area contributed by atoms with E-state index in [-0.39, 0.29) is 5.41 Å². The van der Waals surface area contributed by atoms with Gasteiger partial charge in [-0.05, 0) is 90.1 Å². The summed E-state index contributed by atoms with van der Waals surface area (Å²) in [6, 6.07) is 23.8. The number of ether oxygens (including phenoxy) is 1. The molecule has 0 radical (unpaired) electrons. The van der Waals surface area contributed by atoms with Gasteiger partial charge in [-0.1, -0.05) is 58.9 Å². The Hall–Kier alpha value is -4.26. The highest BCUT2D eigenvalue weighted by atomic mass is 16.5.